The van der Waals surface area contributed by atoms with Gasteiger partial charge in [-0.05, 0) is 44.4 Å². The fourth-order valence-corrected chi connectivity index (χ4v) is 3.26. The first-order valence-electron chi connectivity index (χ1n) is 8.50. The fraction of sp³-hybridized carbons (Fsp3) is 0.474. The number of methoxy groups -OCH3 is 1. The van der Waals surface area contributed by atoms with Crippen molar-refractivity contribution in [1.82, 2.24) is 4.57 Å². The van der Waals surface area contributed by atoms with Crippen LogP contribution in [-0.4, -0.2) is 24.3 Å². The molecule has 2 heterocycles. The van der Waals surface area contributed by atoms with Crippen LogP contribution in [0.15, 0.2) is 16.9 Å². The van der Waals surface area contributed by atoms with Crippen molar-refractivity contribution in [2.24, 2.45) is 0 Å². The van der Waals surface area contributed by atoms with Crippen molar-refractivity contribution in [2.45, 2.75) is 47.1 Å². The van der Waals surface area contributed by atoms with Gasteiger partial charge in [0.1, 0.15) is 11.3 Å². The van der Waals surface area contributed by atoms with E-state index in [1.807, 2.05) is 26.0 Å². The molecular formula is C19H25NO4. The topological polar surface area (TPSA) is 57.5 Å². The number of esters is 1. The van der Waals surface area contributed by atoms with Crippen molar-refractivity contribution in [3.8, 4) is 5.75 Å². The maximum atomic E-state index is 12.8. The van der Waals surface area contributed by atoms with Crippen molar-refractivity contribution in [3.63, 3.8) is 0 Å². The number of ether oxygens (including phenoxy) is 2. The Morgan fingerprint density at radius 3 is 2.62 bits per heavy atom. The number of hydrogen-bond acceptors (Lipinski definition) is 4. The second kappa shape index (κ2) is 7.51. The van der Waals surface area contributed by atoms with Crippen molar-refractivity contribution in [1.29, 1.82) is 0 Å². The number of rotatable bonds is 3. The summed E-state index contributed by atoms with van der Waals surface area (Å²) >= 11 is 0. The van der Waals surface area contributed by atoms with E-state index in [9.17, 15) is 9.59 Å². The number of carbonyl (C=O) groups is 1. The standard InChI is InChI=1S/C17H19NO4.C2H6/c1-4-22-17(20)14-10(2)11-7-8-13(21-3)12-6-5-9-18(15(11)12)16(14)19;1-2/h7-8H,4-6,9H2,1-3H3;1-2H3. The van der Waals surface area contributed by atoms with Gasteiger partial charge in [-0.25, -0.2) is 4.79 Å². The Labute approximate surface area is 142 Å². The molecule has 3 rings (SSSR count). The highest BCUT2D eigenvalue weighted by atomic mass is 16.5. The van der Waals surface area contributed by atoms with Crippen LogP contribution < -0.4 is 10.3 Å². The van der Waals surface area contributed by atoms with E-state index < -0.39 is 5.97 Å². The molecule has 0 saturated heterocycles. The van der Waals surface area contributed by atoms with Gasteiger partial charge in [0.2, 0.25) is 0 Å². The van der Waals surface area contributed by atoms with Gasteiger partial charge >= 0.3 is 5.97 Å². The SMILES string of the molecule is CC.CCOC(=O)c1c(C)c2ccc(OC)c3c2n(c1=O)CCC3. The van der Waals surface area contributed by atoms with Crippen molar-refractivity contribution in [3.05, 3.63) is 39.2 Å². The first-order valence-corrected chi connectivity index (χ1v) is 8.50. The van der Waals surface area contributed by atoms with Crippen LogP contribution in [0.3, 0.4) is 0 Å². The van der Waals surface area contributed by atoms with Crippen molar-refractivity contribution in [2.75, 3.05) is 13.7 Å². The van der Waals surface area contributed by atoms with Crippen molar-refractivity contribution >= 4 is 16.9 Å². The minimum absolute atomic E-state index is 0.146. The third-order valence-electron chi connectivity index (χ3n) is 4.26. The lowest BCUT2D eigenvalue weighted by Crippen LogP contribution is -2.31. The number of pyridine rings is 1. The molecule has 0 saturated carbocycles. The highest BCUT2D eigenvalue weighted by Gasteiger charge is 2.25. The van der Waals surface area contributed by atoms with E-state index in [1.54, 1.807) is 25.5 Å². The van der Waals surface area contributed by atoms with E-state index in [2.05, 4.69) is 0 Å². The van der Waals surface area contributed by atoms with Crippen LogP contribution in [0, 0.1) is 6.92 Å². The van der Waals surface area contributed by atoms with Crippen LogP contribution in [0.2, 0.25) is 0 Å². The molecule has 0 radical (unpaired) electrons. The van der Waals surface area contributed by atoms with E-state index in [-0.39, 0.29) is 17.7 Å². The van der Waals surface area contributed by atoms with E-state index in [0.29, 0.717) is 12.1 Å². The molecule has 0 aliphatic carbocycles. The van der Waals surface area contributed by atoms with Crippen molar-refractivity contribution < 1.29 is 14.3 Å². The monoisotopic (exact) mass is 331 g/mol. The van der Waals surface area contributed by atoms with Gasteiger partial charge in [0, 0.05) is 17.5 Å². The predicted octanol–water partition coefficient (Wildman–Crippen LogP) is 3.47. The highest BCUT2D eigenvalue weighted by Crippen LogP contribution is 2.33. The highest BCUT2D eigenvalue weighted by molar-refractivity contribution is 5.98. The molecule has 1 aromatic carbocycles. The number of nitrogens with zero attached hydrogens (tertiary/aromatic N) is 1. The summed E-state index contributed by atoms with van der Waals surface area (Å²) in [7, 11) is 1.63. The van der Waals surface area contributed by atoms with Gasteiger partial charge < -0.3 is 14.0 Å². The summed E-state index contributed by atoms with van der Waals surface area (Å²) in [5.41, 5.74) is 2.49. The molecule has 5 heteroatoms. The van der Waals surface area contributed by atoms with E-state index >= 15 is 0 Å². The maximum Gasteiger partial charge on any atom is 0.344 e. The first kappa shape index (κ1) is 18.0. The largest absolute Gasteiger partial charge is 0.496 e. The molecule has 0 spiro atoms. The summed E-state index contributed by atoms with van der Waals surface area (Å²) in [6.07, 6.45) is 1.73. The second-order valence-electron chi connectivity index (χ2n) is 5.42. The van der Waals surface area contributed by atoms with Crippen LogP contribution in [0.25, 0.3) is 10.9 Å². The van der Waals surface area contributed by atoms with Gasteiger partial charge in [0.25, 0.3) is 5.56 Å². The summed E-state index contributed by atoms with van der Waals surface area (Å²) in [5, 5.41) is 0.915. The number of aryl methyl sites for hydroxylation is 3. The Kier molecular flexibility index (Phi) is 5.65. The van der Waals surface area contributed by atoms with Gasteiger partial charge in [-0.2, -0.15) is 0 Å². The quantitative estimate of drug-likeness (QED) is 0.808. The average molecular weight is 331 g/mol. The minimum Gasteiger partial charge on any atom is -0.496 e. The van der Waals surface area contributed by atoms with Gasteiger partial charge in [0.15, 0.2) is 0 Å². The molecule has 130 valence electrons. The molecule has 0 unspecified atom stereocenters. The first-order chi connectivity index (χ1) is 11.6. The van der Waals surface area contributed by atoms with Crippen LogP contribution >= 0.6 is 0 Å². The molecule has 0 atom stereocenters. The molecule has 1 aromatic heterocycles. The number of aromatic nitrogens is 1. The number of benzene rings is 1. The Bertz CT molecular complexity index is 820. The van der Waals surface area contributed by atoms with E-state index in [4.69, 9.17) is 9.47 Å². The van der Waals surface area contributed by atoms with E-state index in [1.165, 1.54) is 0 Å². The Morgan fingerprint density at radius 1 is 1.29 bits per heavy atom. The zero-order chi connectivity index (χ0) is 17.9. The zero-order valence-corrected chi connectivity index (χ0v) is 15.1. The molecule has 1 aliphatic heterocycles. The van der Waals surface area contributed by atoms with Gasteiger partial charge in [-0.1, -0.05) is 13.8 Å². The second-order valence-corrected chi connectivity index (χ2v) is 5.42. The summed E-state index contributed by atoms with van der Waals surface area (Å²) in [6.45, 7) is 8.41. The predicted molar refractivity (Wildman–Crippen MR) is 95.1 cm³/mol. The average Bonchev–Trinajstić information content (AvgIpc) is 2.61. The fourth-order valence-electron chi connectivity index (χ4n) is 3.26. The third-order valence-corrected chi connectivity index (χ3v) is 4.26. The van der Waals surface area contributed by atoms with Gasteiger partial charge in [-0.15, -0.1) is 0 Å². The summed E-state index contributed by atoms with van der Waals surface area (Å²) in [6, 6.07) is 3.82. The Hall–Kier alpha value is -2.30. The summed E-state index contributed by atoms with van der Waals surface area (Å²) < 4.78 is 12.2. The smallest absolute Gasteiger partial charge is 0.344 e. The van der Waals surface area contributed by atoms with Crippen LogP contribution in [0.5, 0.6) is 5.75 Å². The molecule has 5 nitrogen and oxygen atoms in total. The summed E-state index contributed by atoms with van der Waals surface area (Å²) in [4.78, 5) is 24.9. The minimum atomic E-state index is -0.543. The number of carbonyl (C=O) groups excluding carboxylic acids is 1. The Morgan fingerprint density at radius 2 is 2.00 bits per heavy atom. The van der Waals surface area contributed by atoms with E-state index in [0.717, 1.165) is 35.1 Å². The third kappa shape index (κ3) is 2.79. The molecular weight excluding hydrogens is 306 g/mol. The normalized spacial score (nSPS) is 12.4. The lowest BCUT2D eigenvalue weighted by molar-refractivity contribution is 0.0523. The molecule has 2 aromatic rings. The lowest BCUT2D eigenvalue weighted by Gasteiger charge is -2.23. The Balaban J connectivity index is 0.00000100. The molecule has 0 bridgehead atoms. The van der Waals surface area contributed by atoms with Crippen LogP contribution in [-0.2, 0) is 17.7 Å². The van der Waals surface area contributed by atoms with Gasteiger partial charge in [-0.3, -0.25) is 4.79 Å². The maximum absolute atomic E-state index is 12.8. The molecule has 0 N–H and O–H groups in total. The van der Waals surface area contributed by atoms with Crippen LogP contribution in [0.4, 0.5) is 0 Å². The molecule has 0 amide bonds. The molecule has 24 heavy (non-hydrogen) atoms. The lowest BCUT2D eigenvalue weighted by atomic mass is 9.95. The number of hydrogen-bond donors (Lipinski definition) is 0. The summed E-state index contributed by atoms with van der Waals surface area (Å²) in [5.74, 6) is 0.252. The zero-order valence-electron chi connectivity index (χ0n) is 15.1. The molecule has 1 aliphatic rings. The molecule has 0 fully saturated rings. The van der Waals surface area contributed by atoms with Gasteiger partial charge in [0.05, 0.1) is 19.2 Å². The van der Waals surface area contributed by atoms with Crippen LogP contribution in [0.1, 0.15) is 48.7 Å².